The minimum absolute atomic E-state index is 0.407. The molecule has 0 aliphatic heterocycles. The van der Waals surface area contributed by atoms with Crippen LogP contribution in [-0.4, -0.2) is 0 Å². The topological polar surface area (TPSA) is 78.1 Å². The fraction of sp³-hybridized carbons (Fsp3) is 0.217. The van der Waals surface area contributed by atoms with Crippen LogP contribution in [0.2, 0.25) is 0 Å². The third-order valence-electron chi connectivity index (χ3n) is 4.76. The molecular formula is C23H27N3. The summed E-state index contributed by atoms with van der Waals surface area (Å²) in [6.45, 7) is 4.33. The van der Waals surface area contributed by atoms with Crippen molar-refractivity contribution in [2.24, 2.45) is 0 Å². The Bertz CT molecular complexity index is 896. The summed E-state index contributed by atoms with van der Waals surface area (Å²) < 4.78 is 0. The summed E-state index contributed by atoms with van der Waals surface area (Å²) in [6.07, 6.45) is 1.67. The number of anilines is 3. The molecule has 0 radical (unpaired) electrons. The second-order valence-electron chi connectivity index (χ2n) is 7.25. The maximum Gasteiger partial charge on any atom is 0.0350 e. The van der Waals surface area contributed by atoms with E-state index in [-0.39, 0.29) is 0 Å². The molecule has 0 heterocycles. The molecule has 3 aromatic rings. The van der Waals surface area contributed by atoms with Crippen LogP contribution in [0, 0.1) is 0 Å². The van der Waals surface area contributed by atoms with Crippen molar-refractivity contribution in [3.05, 3.63) is 88.5 Å². The summed E-state index contributed by atoms with van der Waals surface area (Å²) in [5.74, 6) is 0.407. The predicted octanol–water partition coefficient (Wildman–Crippen LogP) is 4.74. The quantitative estimate of drug-likeness (QED) is 0.585. The minimum Gasteiger partial charge on any atom is -0.399 e. The fourth-order valence-electron chi connectivity index (χ4n) is 3.25. The molecular weight excluding hydrogens is 318 g/mol. The van der Waals surface area contributed by atoms with Crippen LogP contribution < -0.4 is 17.2 Å². The van der Waals surface area contributed by atoms with Gasteiger partial charge in [0.15, 0.2) is 0 Å². The average Bonchev–Trinajstić information content (AvgIpc) is 2.61. The van der Waals surface area contributed by atoms with Crippen LogP contribution >= 0.6 is 0 Å². The first-order chi connectivity index (χ1) is 12.4. The third kappa shape index (κ3) is 4.17. The van der Waals surface area contributed by atoms with Crippen molar-refractivity contribution in [3.8, 4) is 0 Å². The summed E-state index contributed by atoms with van der Waals surface area (Å²) in [6, 6.07) is 20.6. The summed E-state index contributed by atoms with van der Waals surface area (Å²) >= 11 is 0. The highest BCUT2D eigenvalue weighted by Crippen LogP contribution is 2.26. The molecule has 0 aromatic heterocycles. The van der Waals surface area contributed by atoms with Gasteiger partial charge in [-0.25, -0.2) is 0 Å². The van der Waals surface area contributed by atoms with Gasteiger partial charge < -0.3 is 17.2 Å². The molecule has 0 aliphatic rings. The maximum atomic E-state index is 6.24. The molecule has 0 atom stereocenters. The van der Waals surface area contributed by atoms with Gasteiger partial charge in [-0.2, -0.15) is 0 Å². The van der Waals surface area contributed by atoms with Crippen LogP contribution in [0.5, 0.6) is 0 Å². The van der Waals surface area contributed by atoms with Gasteiger partial charge in [0.1, 0.15) is 0 Å². The van der Waals surface area contributed by atoms with Crippen LogP contribution in [-0.2, 0) is 12.8 Å². The first-order valence-corrected chi connectivity index (χ1v) is 9.02. The highest BCUT2D eigenvalue weighted by atomic mass is 14.6. The Morgan fingerprint density at radius 3 is 1.88 bits per heavy atom. The summed E-state index contributed by atoms with van der Waals surface area (Å²) in [5, 5.41) is 0. The Morgan fingerprint density at radius 1 is 0.654 bits per heavy atom. The molecule has 0 aliphatic carbocycles. The molecule has 0 saturated carbocycles. The van der Waals surface area contributed by atoms with E-state index in [1.807, 2.05) is 24.3 Å². The second kappa shape index (κ2) is 7.52. The van der Waals surface area contributed by atoms with E-state index >= 15 is 0 Å². The second-order valence-corrected chi connectivity index (χ2v) is 7.25. The molecule has 0 spiro atoms. The number of benzene rings is 3. The lowest BCUT2D eigenvalue weighted by atomic mass is 9.94. The Hall–Kier alpha value is -2.94. The zero-order valence-electron chi connectivity index (χ0n) is 15.5. The smallest absolute Gasteiger partial charge is 0.0350 e. The van der Waals surface area contributed by atoms with Crippen LogP contribution in [0.1, 0.15) is 47.6 Å². The number of hydrogen-bond donors (Lipinski definition) is 3. The van der Waals surface area contributed by atoms with Crippen molar-refractivity contribution in [1.82, 2.24) is 0 Å². The Labute approximate surface area is 155 Å². The van der Waals surface area contributed by atoms with Gasteiger partial charge in [0.2, 0.25) is 0 Å². The molecule has 0 unspecified atom stereocenters. The van der Waals surface area contributed by atoms with E-state index in [4.69, 9.17) is 17.2 Å². The van der Waals surface area contributed by atoms with Gasteiger partial charge in [0, 0.05) is 17.1 Å². The monoisotopic (exact) mass is 345 g/mol. The molecule has 0 saturated heterocycles. The van der Waals surface area contributed by atoms with Crippen molar-refractivity contribution < 1.29 is 0 Å². The van der Waals surface area contributed by atoms with Crippen molar-refractivity contribution in [2.75, 3.05) is 17.2 Å². The van der Waals surface area contributed by atoms with E-state index in [2.05, 4.69) is 50.2 Å². The highest BCUT2D eigenvalue weighted by molar-refractivity contribution is 5.54. The number of nitrogen functional groups attached to an aromatic ring is 3. The Kier molecular flexibility index (Phi) is 5.17. The van der Waals surface area contributed by atoms with Gasteiger partial charge >= 0.3 is 0 Å². The minimum atomic E-state index is 0.407. The average molecular weight is 345 g/mol. The molecule has 6 N–H and O–H groups in total. The van der Waals surface area contributed by atoms with Crippen LogP contribution in [0.25, 0.3) is 0 Å². The van der Waals surface area contributed by atoms with Gasteiger partial charge in [-0.1, -0.05) is 50.2 Å². The normalized spacial score (nSPS) is 11.0. The molecule has 0 bridgehead atoms. The standard InChI is InChI=1S/C23H27N3/c1-15(2)21-14-18(6-10-23(21)26)13-19-12-17(5-9-22(19)25)11-16-3-7-20(24)8-4-16/h3-10,12,14-15H,11,13,24-26H2,1-2H3. The van der Waals surface area contributed by atoms with E-state index in [0.29, 0.717) is 5.92 Å². The molecule has 3 nitrogen and oxygen atoms in total. The highest BCUT2D eigenvalue weighted by Gasteiger charge is 2.08. The number of nitrogens with two attached hydrogens (primary N) is 3. The van der Waals surface area contributed by atoms with Crippen LogP contribution in [0.3, 0.4) is 0 Å². The number of hydrogen-bond acceptors (Lipinski definition) is 3. The molecule has 0 amide bonds. The third-order valence-corrected chi connectivity index (χ3v) is 4.76. The van der Waals surface area contributed by atoms with Crippen molar-refractivity contribution in [1.29, 1.82) is 0 Å². The van der Waals surface area contributed by atoms with Gasteiger partial charge in [0.05, 0.1) is 0 Å². The lowest BCUT2D eigenvalue weighted by molar-refractivity contribution is 0.866. The molecule has 3 rings (SSSR count). The van der Waals surface area contributed by atoms with Gasteiger partial charge in [-0.05, 0) is 70.8 Å². The summed E-state index contributed by atoms with van der Waals surface area (Å²) in [5.41, 5.74) is 26.6. The van der Waals surface area contributed by atoms with Gasteiger partial charge in [0.25, 0.3) is 0 Å². The van der Waals surface area contributed by atoms with Crippen LogP contribution in [0.15, 0.2) is 60.7 Å². The van der Waals surface area contributed by atoms with E-state index in [1.165, 1.54) is 22.3 Å². The molecule has 26 heavy (non-hydrogen) atoms. The van der Waals surface area contributed by atoms with Crippen molar-refractivity contribution in [2.45, 2.75) is 32.6 Å². The lowest BCUT2D eigenvalue weighted by Crippen LogP contribution is -2.01. The summed E-state index contributed by atoms with van der Waals surface area (Å²) in [4.78, 5) is 0. The fourth-order valence-corrected chi connectivity index (χ4v) is 3.25. The van der Waals surface area contributed by atoms with Crippen molar-refractivity contribution >= 4 is 17.1 Å². The van der Waals surface area contributed by atoms with E-state index in [9.17, 15) is 0 Å². The molecule has 3 heteroatoms. The van der Waals surface area contributed by atoms with Crippen molar-refractivity contribution in [3.63, 3.8) is 0 Å². The first kappa shape index (κ1) is 17.9. The summed E-state index contributed by atoms with van der Waals surface area (Å²) in [7, 11) is 0. The predicted molar refractivity (Wildman–Crippen MR) is 112 cm³/mol. The van der Waals surface area contributed by atoms with E-state index < -0.39 is 0 Å². The van der Waals surface area contributed by atoms with E-state index in [1.54, 1.807) is 0 Å². The maximum absolute atomic E-state index is 6.24. The largest absolute Gasteiger partial charge is 0.399 e. The van der Waals surface area contributed by atoms with E-state index in [0.717, 1.165) is 35.5 Å². The first-order valence-electron chi connectivity index (χ1n) is 9.02. The lowest BCUT2D eigenvalue weighted by Gasteiger charge is -2.13. The molecule has 3 aromatic carbocycles. The Morgan fingerprint density at radius 2 is 1.23 bits per heavy atom. The van der Waals surface area contributed by atoms with Gasteiger partial charge in [-0.15, -0.1) is 0 Å². The number of rotatable bonds is 5. The van der Waals surface area contributed by atoms with Gasteiger partial charge in [-0.3, -0.25) is 0 Å². The van der Waals surface area contributed by atoms with Crippen LogP contribution in [0.4, 0.5) is 17.1 Å². The molecule has 134 valence electrons. The Balaban J connectivity index is 1.84. The zero-order chi connectivity index (χ0) is 18.7. The molecule has 0 fully saturated rings. The zero-order valence-corrected chi connectivity index (χ0v) is 15.5. The SMILES string of the molecule is CC(C)c1cc(Cc2cc(Cc3ccc(N)cc3)ccc2N)ccc1N.